The minimum atomic E-state index is 0.426. The molecule has 1 aromatic heterocycles. The first-order chi connectivity index (χ1) is 3.89. The topological polar surface area (TPSA) is 84.7 Å². The summed E-state index contributed by atoms with van der Waals surface area (Å²) in [4.78, 5) is 8.00. The van der Waals surface area contributed by atoms with E-state index >= 15 is 0 Å². The molecular formula is C3H6N4O. The van der Waals surface area contributed by atoms with Crippen LogP contribution < -0.4 is 5.73 Å². The average Bonchev–Trinajstić information content (AvgIpc) is 2.24. The number of carbonyl (C=O) groups excluding carboxylic acids is 1. The fourth-order valence-electron chi connectivity index (χ4n) is 0.210. The Bertz CT molecular complexity index is 126. The molecule has 0 atom stereocenters. The molecule has 5 nitrogen and oxygen atoms in total. The second-order valence-corrected chi connectivity index (χ2v) is 0.898. The molecule has 0 radical (unpaired) electrons. The van der Waals surface area contributed by atoms with Gasteiger partial charge in [0.1, 0.15) is 6.79 Å². The Labute approximate surface area is 45.9 Å². The molecule has 1 heterocycles. The Morgan fingerprint density at radius 3 is 2.50 bits per heavy atom. The maximum absolute atomic E-state index is 8.00. The molecule has 44 valence electrons. The SMILES string of the molecule is C=O.Nc1c[nH]nn1. The van der Waals surface area contributed by atoms with Crippen LogP contribution in [0.2, 0.25) is 0 Å². The number of nitrogens with zero attached hydrogens (tertiary/aromatic N) is 2. The predicted molar refractivity (Wildman–Crippen MR) is 27.9 cm³/mol. The van der Waals surface area contributed by atoms with E-state index in [4.69, 9.17) is 10.5 Å². The summed E-state index contributed by atoms with van der Waals surface area (Å²) in [7, 11) is 0. The van der Waals surface area contributed by atoms with E-state index in [2.05, 4.69) is 15.4 Å². The fraction of sp³-hybridized carbons (Fsp3) is 0. The van der Waals surface area contributed by atoms with Crippen molar-refractivity contribution in [2.75, 3.05) is 5.73 Å². The lowest BCUT2D eigenvalue weighted by Gasteiger charge is -1.64. The number of aromatic nitrogens is 3. The molecule has 0 aliphatic carbocycles. The van der Waals surface area contributed by atoms with Crippen molar-refractivity contribution >= 4 is 12.6 Å². The fourth-order valence-corrected chi connectivity index (χ4v) is 0.210. The highest BCUT2D eigenvalue weighted by Crippen LogP contribution is 1.81. The minimum absolute atomic E-state index is 0.426. The number of nitrogen functional groups attached to an aromatic ring is 1. The van der Waals surface area contributed by atoms with Crippen molar-refractivity contribution in [1.82, 2.24) is 15.4 Å². The number of rotatable bonds is 0. The number of nitrogens with two attached hydrogens (primary N) is 1. The van der Waals surface area contributed by atoms with Crippen LogP contribution in [-0.2, 0) is 4.79 Å². The van der Waals surface area contributed by atoms with Crippen molar-refractivity contribution in [3.8, 4) is 0 Å². The van der Waals surface area contributed by atoms with E-state index in [1.807, 2.05) is 6.79 Å². The molecule has 0 saturated heterocycles. The average molecular weight is 114 g/mol. The third-order valence-corrected chi connectivity index (χ3v) is 0.436. The Morgan fingerprint density at radius 1 is 1.75 bits per heavy atom. The third kappa shape index (κ3) is 1.91. The number of hydrogen-bond acceptors (Lipinski definition) is 4. The summed E-state index contributed by atoms with van der Waals surface area (Å²) in [6, 6.07) is 0. The highest BCUT2D eigenvalue weighted by Gasteiger charge is 1.76. The molecule has 5 heteroatoms. The number of hydrogen-bond donors (Lipinski definition) is 2. The van der Waals surface area contributed by atoms with Crippen LogP contribution in [0.4, 0.5) is 5.82 Å². The van der Waals surface area contributed by atoms with E-state index in [1.54, 1.807) is 0 Å². The molecule has 0 fully saturated rings. The van der Waals surface area contributed by atoms with Crippen molar-refractivity contribution in [3.05, 3.63) is 6.20 Å². The smallest absolute Gasteiger partial charge is 0.165 e. The van der Waals surface area contributed by atoms with Crippen molar-refractivity contribution in [3.63, 3.8) is 0 Å². The Hall–Kier alpha value is -1.39. The lowest BCUT2D eigenvalue weighted by Crippen LogP contribution is -1.81. The second-order valence-electron chi connectivity index (χ2n) is 0.898. The van der Waals surface area contributed by atoms with Gasteiger partial charge in [-0.15, -0.1) is 5.10 Å². The molecule has 3 N–H and O–H groups in total. The predicted octanol–water partition coefficient (Wildman–Crippen LogP) is -0.798. The summed E-state index contributed by atoms with van der Waals surface area (Å²) in [5.74, 6) is 0.426. The normalized spacial score (nSPS) is 7.00. The van der Waals surface area contributed by atoms with Gasteiger partial charge in [-0.1, -0.05) is 5.21 Å². The van der Waals surface area contributed by atoms with Gasteiger partial charge in [0, 0.05) is 0 Å². The van der Waals surface area contributed by atoms with Crippen LogP contribution in [0.25, 0.3) is 0 Å². The summed E-state index contributed by atoms with van der Waals surface area (Å²) in [5, 5.41) is 9.15. The van der Waals surface area contributed by atoms with E-state index < -0.39 is 0 Å². The maximum Gasteiger partial charge on any atom is 0.165 e. The molecule has 0 aliphatic rings. The van der Waals surface area contributed by atoms with Crippen molar-refractivity contribution in [2.45, 2.75) is 0 Å². The van der Waals surface area contributed by atoms with Gasteiger partial charge in [0.25, 0.3) is 0 Å². The second kappa shape index (κ2) is 3.79. The summed E-state index contributed by atoms with van der Waals surface area (Å²) >= 11 is 0. The first kappa shape index (κ1) is 6.61. The van der Waals surface area contributed by atoms with E-state index in [9.17, 15) is 0 Å². The number of aromatic amines is 1. The van der Waals surface area contributed by atoms with Gasteiger partial charge in [-0.3, -0.25) is 5.10 Å². The van der Waals surface area contributed by atoms with Crippen LogP contribution >= 0.6 is 0 Å². The van der Waals surface area contributed by atoms with Gasteiger partial charge in [0.05, 0.1) is 6.20 Å². The molecule has 0 amide bonds. The lowest BCUT2D eigenvalue weighted by molar-refractivity contribution is -0.0979. The molecule has 8 heavy (non-hydrogen) atoms. The minimum Gasteiger partial charge on any atom is -0.381 e. The van der Waals surface area contributed by atoms with Gasteiger partial charge in [0.2, 0.25) is 0 Å². The van der Waals surface area contributed by atoms with Gasteiger partial charge < -0.3 is 10.5 Å². The van der Waals surface area contributed by atoms with E-state index in [0.29, 0.717) is 5.82 Å². The van der Waals surface area contributed by atoms with Gasteiger partial charge >= 0.3 is 0 Å². The Balaban J connectivity index is 0.000000222. The van der Waals surface area contributed by atoms with Gasteiger partial charge in [0.15, 0.2) is 5.82 Å². The molecular weight excluding hydrogens is 108 g/mol. The molecule has 0 unspecified atom stereocenters. The monoisotopic (exact) mass is 114 g/mol. The molecule has 0 spiro atoms. The first-order valence-corrected chi connectivity index (χ1v) is 1.80. The van der Waals surface area contributed by atoms with E-state index in [-0.39, 0.29) is 0 Å². The van der Waals surface area contributed by atoms with Crippen molar-refractivity contribution in [2.24, 2.45) is 0 Å². The van der Waals surface area contributed by atoms with Crippen LogP contribution in [0, 0.1) is 0 Å². The largest absolute Gasteiger partial charge is 0.381 e. The molecule has 0 bridgehead atoms. The maximum atomic E-state index is 8.00. The molecule has 0 aromatic carbocycles. The van der Waals surface area contributed by atoms with Crippen LogP contribution in [0.15, 0.2) is 6.20 Å². The lowest BCUT2D eigenvalue weighted by atomic mass is 10.8. The van der Waals surface area contributed by atoms with E-state index in [1.165, 1.54) is 6.20 Å². The quantitative estimate of drug-likeness (QED) is 0.462. The van der Waals surface area contributed by atoms with Crippen LogP contribution in [0.1, 0.15) is 0 Å². The number of H-pyrrole nitrogens is 1. The van der Waals surface area contributed by atoms with Crippen molar-refractivity contribution < 1.29 is 4.79 Å². The zero-order valence-electron chi connectivity index (χ0n) is 4.16. The molecule has 0 aliphatic heterocycles. The standard InChI is InChI=1S/C2H4N4.CH2O/c3-2-1-4-6-5-2;1-2/h1H,(H3,3,4,5,6);1H2. The van der Waals surface area contributed by atoms with Gasteiger partial charge in [-0.2, -0.15) is 0 Å². The Kier molecular flexibility index (Phi) is 3.13. The third-order valence-electron chi connectivity index (χ3n) is 0.436. The number of anilines is 1. The van der Waals surface area contributed by atoms with Crippen LogP contribution in [-0.4, -0.2) is 22.2 Å². The summed E-state index contributed by atoms with van der Waals surface area (Å²) in [6.07, 6.45) is 1.51. The number of carbonyl (C=O) groups is 1. The zero-order chi connectivity index (χ0) is 6.41. The molecule has 1 aromatic rings. The van der Waals surface area contributed by atoms with E-state index in [0.717, 1.165) is 0 Å². The van der Waals surface area contributed by atoms with Crippen molar-refractivity contribution in [1.29, 1.82) is 0 Å². The van der Waals surface area contributed by atoms with Gasteiger partial charge in [-0.05, 0) is 0 Å². The van der Waals surface area contributed by atoms with Crippen LogP contribution in [0.3, 0.4) is 0 Å². The summed E-state index contributed by atoms with van der Waals surface area (Å²) in [5.41, 5.74) is 5.07. The van der Waals surface area contributed by atoms with Gasteiger partial charge in [-0.25, -0.2) is 0 Å². The highest BCUT2D eigenvalue weighted by atomic mass is 16.1. The first-order valence-electron chi connectivity index (χ1n) is 1.80. The zero-order valence-corrected chi connectivity index (χ0v) is 4.16. The summed E-state index contributed by atoms with van der Waals surface area (Å²) in [6.45, 7) is 2.00. The highest BCUT2D eigenvalue weighted by molar-refractivity contribution is 5.18. The van der Waals surface area contributed by atoms with Crippen LogP contribution in [0.5, 0.6) is 0 Å². The molecule has 0 saturated carbocycles. The molecule has 1 rings (SSSR count). The Morgan fingerprint density at radius 2 is 2.38 bits per heavy atom. The summed E-state index contributed by atoms with van der Waals surface area (Å²) < 4.78 is 0. The number of nitrogens with one attached hydrogen (secondary N) is 1.